The number of para-hydroxylation sites is 1. The Labute approximate surface area is 195 Å². The normalized spacial score (nSPS) is 27.4. The SMILES string of the molecule is COc1cc(N2C(=O)[C@H]3[C@@H](C(C)C)N[C@@]4(C(=O)Nc5ccccc54)[C@H]3C2=O)c(C)cc1[N+](=O)[O-]. The van der Waals surface area contributed by atoms with Crippen molar-refractivity contribution in [3.63, 3.8) is 0 Å². The highest BCUT2D eigenvalue weighted by atomic mass is 16.6. The number of carbonyl (C=O) groups is 3. The molecule has 0 unspecified atom stereocenters. The maximum atomic E-state index is 14.0. The number of hydrogen-bond donors (Lipinski definition) is 2. The topological polar surface area (TPSA) is 131 Å². The van der Waals surface area contributed by atoms with Crippen molar-refractivity contribution in [1.82, 2.24) is 5.32 Å². The fourth-order valence-electron chi connectivity index (χ4n) is 5.71. The first-order chi connectivity index (χ1) is 16.1. The van der Waals surface area contributed by atoms with Gasteiger partial charge in [-0.1, -0.05) is 32.0 Å². The molecule has 4 atom stereocenters. The average molecular weight is 464 g/mol. The van der Waals surface area contributed by atoms with Crippen LogP contribution in [-0.2, 0) is 19.9 Å². The number of aryl methyl sites for hydroxylation is 1. The maximum Gasteiger partial charge on any atom is 0.311 e. The molecule has 2 N–H and O–H groups in total. The number of anilines is 2. The summed E-state index contributed by atoms with van der Waals surface area (Å²) < 4.78 is 5.18. The Morgan fingerprint density at radius 2 is 1.85 bits per heavy atom. The van der Waals surface area contributed by atoms with E-state index < -0.39 is 40.2 Å². The number of carbonyl (C=O) groups excluding carboxylic acids is 3. The fraction of sp³-hybridized carbons (Fsp3) is 0.375. The van der Waals surface area contributed by atoms with Crippen LogP contribution >= 0.6 is 0 Å². The van der Waals surface area contributed by atoms with Gasteiger partial charge in [0.1, 0.15) is 5.54 Å². The molecule has 176 valence electrons. The van der Waals surface area contributed by atoms with Gasteiger partial charge in [-0.05, 0) is 24.5 Å². The van der Waals surface area contributed by atoms with E-state index in [9.17, 15) is 24.5 Å². The van der Waals surface area contributed by atoms with E-state index in [0.717, 1.165) is 4.90 Å². The Kier molecular flexibility index (Phi) is 4.77. The Morgan fingerprint density at radius 1 is 1.15 bits per heavy atom. The van der Waals surface area contributed by atoms with Crippen LogP contribution in [0.1, 0.15) is 25.0 Å². The first kappa shape index (κ1) is 22.0. The molecule has 0 bridgehead atoms. The highest BCUT2D eigenvalue weighted by molar-refractivity contribution is 6.26. The molecule has 3 heterocycles. The van der Waals surface area contributed by atoms with E-state index >= 15 is 0 Å². The summed E-state index contributed by atoms with van der Waals surface area (Å²) in [6.45, 7) is 5.47. The molecule has 0 aliphatic carbocycles. The van der Waals surface area contributed by atoms with E-state index in [1.54, 1.807) is 31.2 Å². The zero-order chi connectivity index (χ0) is 24.5. The molecule has 5 rings (SSSR count). The molecule has 0 saturated carbocycles. The highest BCUT2D eigenvalue weighted by Crippen LogP contribution is 2.55. The second kappa shape index (κ2) is 7.36. The molecule has 2 aromatic carbocycles. The van der Waals surface area contributed by atoms with E-state index in [4.69, 9.17) is 4.74 Å². The van der Waals surface area contributed by atoms with Crippen molar-refractivity contribution in [3.05, 3.63) is 57.6 Å². The van der Waals surface area contributed by atoms with Crippen LogP contribution < -0.4 is 20.3 Å². The van der Waals surface area contributed by atoms with Gasteiger partial charge in [0.25, 0.3) is 0 Å². The molecular formula is C24H24N4O6. The summed E-state index contributed by atoms with van der Waals surface area (Å²) in [4.78, 5) is 53.1. The van der Waals surface area contributed by atoms with Gasteiger partial charge in [-0.2, -0.15) is 0 Å². The molecule has 0 aromatic heterocycles. The van der Waals surface area contributed by atoms with Crippen LogP contribution in [0, 0.1) is 34.8 Å². The van der Waals surface area contributed by atoms with Crippen LogP contribution in [0.15, 0.2) is 36.4 Å². The number of imide groups is 1. The predicted octanol–water partition coefficient (Wildman–Crippen LogP) is 2.49. The summed E-state index contributed by atoms with van der Waals surface area (Å²) in [5.41, 5.74) is 0.209. The molecule has 3 aliphatic rings. The summed E-state index contributed by atoms with van der Waals surface area (Å²) in [6, 6.07) is 9.36. The number of ether oxygens (including phenoxy) is 1. The van der Waals surface area contributed by atoms with Crippen LogP contribution in [0.5, 0.6) is 5.75 Å². The Bertz CT molecular complexity index is 1270. The van der Waals surface area contributed by atoms with E-state index in [-0.39, 0.29) is 28.9 Å². The highest BCUT2D eigenvalue weighted by Gasteiger charge is 2.71. The lowest BCUT2D eigenvalue weighted by atomic mass is 9.76. The summed E-state index contributed by atoms with van der Waals surface area (Å²) in [5, 5.41) is 17.7. The van der Waals surface area contributed by atoms with Gasteiger partial charge in [-0.25, -0.2) is 4.90 Å². The summed E-state index contributed by atoms with van der Waals surface area (Å²) in [6.07, 6.45) is 0. The minimum absolute atomic E-state index is 0.0448. The van der Waals surface area contributed by atoms with E-state index in [2.05, 4.69) is 10.6 Å². The van der Waals surface area contributed by atoms with Gasteiger partial charge in [-0.3, -0.25) is 29.8 Å². The molecule has 2 fully saturated rings. The van der Waals surface area contributed by atoms with Crippen molar-refractivity contribution in [2.24, 2.45) is 17.8 Å². The maximum absolute atomic E-state index is 14.0. The van der Waals surface area contributed by atoms with Crippen molar-refractivity contribution in [1.29, 1.82) is 0 Å². The molecule has 0 radical (unpaired) electrons. The van der Waals surface area contributed by atoms with Gasteiger partial charge in [0.2, 0.25) is 17.7 Å². The van der Waals surface area contributed by atoms with E-state index in [1.807, 2.05) is 13.8 Å². The Hall–Kier alpha value is -3.79. The average Bonchev–Trinajstić information content (AvgIpc) is 3.39. The van der Waals surface area contributed by atoms with E-state index in [0.29, 0.717) is 16.8 Å². The van der Waals surface area contributed by atoms with Crippen molar-refractivity contribution in [2.75, 3.05) is 17.3 Å². The smallest absolute Gasteiger partial charge is 0.311 e. The van der Waals surface area contributed by atoms with Gasteiger partial charge >= 0.3 is 5.69 Å². The molecule has 10 heteroatoms. The Balaban J connectivity index is 1.68. The number of nitrogens with one attached hydrogen (secondary N) is 2. The third kappa shape index (κ3) is 2.68. The lowest BCUT2D eigenvalue weighted by Crippen LogP contribution is -2.54. The predicted molar refractivity (Wildman–Crippen MR) is 122 cm³/mol. The summed E-state index contributed by atoms with van der Waals surface area (Å²) in [7, 11) is 1.29. The number of benzene rings is 2. The summed E-state index contributed by atoms with van der Waals surface area (Å²) in [5.74, 6) is -3.16. The van der Waals surface area contributed by atoms with Crippen molar-refractivity contribution in [2.45, 2.75) is 32.4 Å². The first-order valence-corrected chi connectivity index (χ1v) is 11.0. The van der Waals surface area contributed by atoms with Crippen LogP contribution in [0.3, 0.4) is 0 Å². The number of amides is 3. The van der Waals surface area contributed by atoms with Crippen molar-refractivity contribution < 1.29 is 24.0 Å². The second-order valence-corrected chi connectivity index (χ2v) is 9.30. The van der Waals surface area contributed by atoms with Crippen LogP contribution in [-0.4, -0.2) is 35.8 Å². The molecule has 34 heavy (non-hydrogen) atoms. The monoisotopic (exact) mass is 464 g/mol. The van der Waals surface area contributed by atoms with Gasteiger partial charge in [0.15, 0.2) is 5.75 Å². The number of nitro benzene ring substituents is 1. The third-order valence-corrected chi connectivity index (χ3v) is 7.21. The molecule has 3 amide bonds. The van der Waals surface area contributed by atoms with Crippen molar-refractivity contribution >= 4 is 34.8 Å². The minimum atomic E-state index is -1.38. The first-order valence-electron chi connectivity index (χ1n) is 11.0. The largest absolute Gasteiger partial charge is 0.490 e. The van der Waals surface area contributed by atoms with Gasteiger partial charge in [0, 0.05) is 29.4 Å². The third-order valence-electron chi connectivity index (χ3n) is 7.21. The zero-order valence-electron chi connectivity index (χ0n) is 19.1. The number of rotatable bonds is 4. The van der Waals surface area contributed by atoms with Crippen LogP contribution in [0.4, 0.5) is 17.1 Å². The van der Waals surface area contributed by atoms with E-state index in [1.165, 1.54) is 19.2 Å². The number of nitro groups is 1. The molecule has 2 aromatic rings. The minimum Gasteiger partial charge on any atom is -0.490 e. The number of hydrogen-bond acceptors (Lipinski definition) is 7. The van der Waals surface area contributed by atoms with Gasteiger partial charge < -0.3 is 10.1 Å². The fourth-order valence-corrected chi connectivity index (χ4v) is 5.71. The van der Waals surface area contributed by atoms with Gasteiger partial charge in [0.05, 0.1) is 29.6 Å². The Morgan fingerprint density at radius 3 is 2.50 bits per heavy atom. The molecule has 3 aliphatic heterocycles. The van der Waals surface area contributed by atoms with Crippen LogP contribution in [0.2, 0.25) is 0 Å². The number of nitrogens with zero attached hydrogens (tertiary/aromatic N) is 2. The second-order valence-electron chi connectivity index (χ2n) is 9.30. The van der Waals surface area contributed by atoms with Crippen molar-refractivity contribution in [3.8, 4) is 5.75 Å². The van der Waals surface area contributed by atoms with Crippen LogP contribution in [0.25, 0.3) is 0 Å². The lowest BCUT2D eigenvalue weighted by Gasteiger charge is -2.30. The standard InChI is InChI=1S/C24H24N4O6/c1-11(2)20-18-19(24(26-20)13-7-5-6-8-14(13)25-23(24)31)22(30)27(21(18)29)15-10-17(34-4)16(28(32)33)9-12(15)3/h5-11,18-20,26H,1-4H3,(H,25,31)/t18-,19-,20-,24-/m1/s1. The molecular weight excluding hydrogens is 440 g/mol. The lowest BCUT2D eigenvalue weighted by molar-refractivity contribution is -0.385. The zero-order valence-corrected chi connectivity index (χ0v) is 19.1. The summed E-state index contributed by atoms with van der Waals surface area (Å²) >= 11 is 0. The molecule has 2 saturated heterocycles. The number of methoxy groups -OCH3 is 1. The number of fused-ring (bicyclic) bond motifs is 4. The molecule has 1 spiro atoms. The molecule has 10 nitrogen and oxygen atoms in total. The quantitative estimate of drug-likeness (QED) is 0.404. The van der Waals surface area contributed by atoms with Gasteiger partial charge in [-0.15, -0.1) is 0 Å².